The number of hydrogen-bond acceptors (Lipinski definition) is 11. The average Bonchev–Trinajstić information content (AvgIpc) is 2.93. The van der Waals surface area contributed by atoms with Crippen molar-refractivity contribution in [3.05, 3.63) is 65.9 Å². The fourth-order valence-electron chi connectivity index (χ4n) is 3.35. The molecule has 3 aromatic rings. The molecule has 0 radical (unpaired) electrons. The van der Waals surface area contributed by atoms with Gasteiger partial charge in [-0.25, -0.2) is 30.2 Å². The zero-order chi connectivity index (χ0) is 32.6. The van der Waals surface area contributed by atoms with Crippen molar-refractivity contribution >= 4 is 51.2 Å². The van der Waals surface area contributed by atoms with Crippen LogP contribution in [0.3, 0.4) is 0 Å². The quantitative estimate of drug-likeness (QED) is 0.309. The van der Waals surface area contributed by atoms with E-state index in [4.69, 9.17) is 4.18 Å². The minimum absolute atomic E-state index is 0.251. The van der Waals surface area contributed by atoms with Crippen molar-refractivity contribution in [3.8, 4) is 5.75 Å². The van der Waals surface area contributed by atoms with Crippen LogP contribution < -0.4 is 9.50 Å². The molecule has 0 aliphatic heterocycles. The molecule has 2 aromatic carbocycles. The van der Waals surface area contributed by atoms with E-state index in [0.29, 0.717) is 17.7 Å². The number of rotatable bonds is 10. The summed E-state index contributed by atoms with van der Waals surface area (Å²) < 4.78 is 145. The third-order valence-corrected chi connectivity index (χ3v) is 11.9. The number of aromatic nitrogens is 1. The molecule has 0 spiro atoms. The minimum Gasteiger partial charge on any atom is -0.377 e. The summed E-state index contributed by atoms with van der Waals surface area (Å²) in [5.41, 5.74) is -7.08. The predicted octanol–water partition coefficient (Wildman–Crippen LogP) is 3.29. The molecule has 0 fully saturated rings. The van der Waals surface area contributed by atoms with E-state index < -0.39 is 99.4 Å². The number of sulfone groups is 3. The molecule has 19 heteroatoms. The number of amides is 1. The Morgan fingerprint density at radius 1 is 0.814 bits per heavy atom. The number of anilines is 1. The van der Waals surface area contributed by atoms with Crippen LogP contribution in [-0.2, 0) is 39.6 Å². The molecule has 1 heterocycles. The highest BCUT2D eigenvalue weighted by Gasteiger charge is 2.47. The van der Waals surface area contributed by atoms with E-state index in [2.05, 4.69) is 4.98 Å². The lowest BCUT2D eigenvalue weighted by molar-refractivity contribution is -0.0436. The molecular formula is C24H23F3N2O10S4. The summed E-state index contributed by atoms with van der Waals surface area (Å²) in [6, 6.07) is 7.94. The van der Waals surface area contributed by atoms with Gasteiger partial charge in [0.2, 0.25) is 0 Å². The first-order valence-corrected chi connectivity index (χ1v) is 18.1. The molecule has 0 saturated heterocycles. The van der Waals surface area contributed by atoms with Gasteiger partial charge in [0.05, 0.1) is 27.0 Å². The molecule has 0 saturated carbocycles. The van der Waals surface area contributed by atoms with Gasteiger partial charge in [0.1, 0.15) is 10.6 Å². The van der Waals surface area contributed by atoms with Crippen molar-refractivity contribution < 1.29 is 55.8 Å². The predicted molar refractivity (Wildman–Crippen MR) is 146 cm³/mol. The van der Waals surface area contributed by atoms with Gasteiger partial charge in [0.25, 0.3) is 15.7 Å². The van der Waals surface area contributed by atoms with E-state index in [9.17, 15) is 51.6 Å². The second-order valence-electron chi connectivity index (χ2n) is 8.71. The molecule has 0 atom stereocenters. The van der Waals surface area contributed by atoms with Crippen molar-refractivity contribution in [1.82, 2.24) is 4.98 Å². The highest BCUT2D eigenvalue weighted by Crippen LogP contribution is 2.36. The number of hydrogen-bond donors (Lipinski definition) is 1. The number of carbonyl (C=O) groups excluding carboxylic acids is 1. The number of pyridine rings is 1. The highest BCUT2D eigenvalue weighted by atomic mass is 32.2. The van der Waals surface area contributed by atoms with Crippen LogP contribution in [0.4, 0.5) is 18.9 Å². The van der Waals surface area contributed by atoms with Crippen molar-refractivity contribution in [2.24, 2.45) is 0 Å². The molecule has 43 heavy (non-hydrogen) atoms. The van der Waals surface area contributed by atoms with Crippen molar-refractivity contribution in [2.45, 2.75) is 46.0 Å². The second kappa shape index (κ2) is 11.9. The Morgan fingerprint density at radius 2 is 1.37 bits per heavy atom. The third-order valence-electron chi connectivity index (χ3n) is 5.78. The van der Waals surface area contributed by atoms with Crippen LogP contribution >= 0.6 is 0 Å². The number of nitrogens with one attached hydrogen (secondary N) is 1. The van der Waals surface area contributed by atoms with Crippen molar-refractivity contribution in [3.63, 3.8) is 0 Å². The molecule has 234 valence electrons. The molecular weight excluding hydrogens is 662 g/mol. The maximum absolute atomic E-state index is 13.3. The lowest BCUT2D eigenvalue weighted by Gasteiger charge is -2.16. The van der Waals surface area contributed by atoms with Crippen LogP contribution in [0.5, 0.6) is 5.75 Å². The minimum atomic E-state index is -6.03. The van der Waals surface area contributed by atoms with Crippen molar-refractivity contribution in [2.75, 3.05) is 16.8 Å². The number of benzene rings is 2. The summed E-state index contributed by atoms with van der Waals surface area (Å²) in [6.07, 6.45) is 0. The van der Waals surface area contributed by atoms with Gasteiger partial charge < -0.3 is 9.50 Å². The fourth-order valence-corrected chi connectivity index (χ4v) is 6.91. The second-order valence-corrected chi connectivity index (χ2v) is 16.7. The zero-order valence-electron chi connectivity index (χ0n) is 22.4. The lowest BCUT2D eigenvalue weighted by Crippen LogP contribution is -2.24. The smallest absolute Gasteiger partial charge is 0.377 e. The van der Waals surface area contributed by atoms with Gasteiger partial charge in [-0.15, -0.1) is 0 Å². The Kier molecular flexibility index (Phi) is 9.36. The molecule has 1 aromatic heterocycles. The van der Waals surface area contributed by atoms with E-state index in [1.807, 2.05) is 5.32 Å². The summed E-state index contributed by atoms with van der Waals surface area (Å²) in [4.78, 5) is 14.4. The maximum Gasteiger partial charge on any atom is 0.501 e. The van der Waals surface area contributed by atoms with Crippen molar-refractivity contribution in [1.29, 1.82) is 0 Å². The van der Waals surface area contributed by atoms with E-state index in [-0.39, 0.29) is 6.07 Å². The lowest BCUT2D eigenvalue weighted by atomic mass is 10.2. The van der Waals surface area contributed by atoms with Crippen LogP contribution in [-0.4, -0.2) is 61.6 Å². The number of halogens is 3. The zero-order valence-corrected chi connectivity index (χ0v) is 25.7. The molecule has 0 aliphatic rings. The van der Waals surface area contributed by atoms with Crippen LogP contribution in [0.25, 0.3) is 0 Å². The summed E-state index contributed by atoms with van der Waals surface area (Å²) in [5.74, 6) is -3.45. The molecule has 1 amide bonds. The van der Waals surface area contributed by atoms with E-state index in [0.717, 1.165) is 24.3 Å². The summed E-state index contributed by atoms with van der Waals surface area (Å²) in [7, 11) is -19.1. The van der Waals surface area contributed by atoms with Crippen LogP contribution in [0.2, 0.25) is 0 Å². The van der Waals surface area contributed by atoms with Crippen LogP contribution in [0.15, 0.2) is 74.3 Å². The highest BCUT2D eigenvalue weighted by molar-refractivity contribution is 7.92. The van der Waals surface area contributed by atoms with Gasteiger partial charge in [-0.3, -0.25) is 4.79 Å². The summed E-state index contributed by atoms with van der Waals surface area (Å²) in [6.45, 7) is 4.12. The van der Waals surface area contributed by atoms with E-state index in [1.54, 1.807) is 6.92 Å². The first kappa shape index (κ1) is 33.9. The van der Waals surface area contributed by atoms with Gasteiger partial charge in [0.15, 0.2) is 30.4 Å². The van der Waals surface area contributed by atoms with Gasteiger partial charge in [-0.2, -0.15) is 21.6 Å². The van der Waals surface area contributed by atoms with Gasteiger partial charge in [0, 0.05) is 0 Å². The first-order chi connectivity index (χ1) is 19.7. The van der Waals surface area contributed by atoms with Gasteiger partial charge in [-0.1, -0.05) is 31.5 Å². The summed E-state index contributed by atoms with van der Waals surface area (Å²) >= 11 is 0. The molecule has 3 rings (SSSR count). The Labute approximate surface area is 245 Å². The SMILES string of the molecule is CCS(=O)(=O)c1ccc(S(=O)(=O)CC)c(C(=O)Nc2cc(S(=O)(=O)C(F)(F)F)ccc2OS(=O)(=O)c2ccc(C)cc2)n1. The van der Waals surface area contributed by atoms with E-state index in [1.165, 1.54) is 26.0 Å². The van der Waals surface area contributed by atoms with Gasteiger partial charge in [-0.05, 0) is 49.4 Å². The topological polar surface area (TPSA) is 188 Å². The van der Waals surface area contributed by atoms with Gasteiger partial charge >= 0.3 is 15.6 Å². The summed E-state index contributed by atoms with van der Waals surface area (Å²) in [5, 5.41) is 1.22. The number of carbonyl (C=O) groups is 1. The Hall–Kier alpha value is -3.55. The fraction of sp³-hybridized carbons (Fsp3) is 0.250. The molecule has 12 nitrogen and oxygen atoms in total. The molecule has 0 unspecified atom stereocenters. The average molecular weight is 685 g/mol. The largest absolute Gasteiger partial charge is 0.501 e. The number of nitrogens with zero attached hydrogens (tertiary/aromatic N) is 1. The van der Waals surface area contributed by atoms with E-state index >= 15 is 0 Å². The first-order valence-electron chi connectivity index (χ1n) is 11.9. The monoisotopic (exact) mass is 684 g/mol. The third kappa shape index (κ3) is 7.16. The number of aryl methyl sites for hydroxylation is 1. The molecule has 0 aliphatic carbocycles. The standard InChI is InChI=1S/C24H23F3N2O10S4/c1-4-40(31,32)20-12-13-21(41(33,34)5-2)29-22(20)23(30)28-18-14-17(42(35,36)24(25,26)27)10-11-19(18)39-43(37,38)16-8-6-15(3)7-9-16/h6-14H,4-5H2,1-3H3,(H,28,30). The molecule has 1 N–H and O–H groups in total. The van der Waals surface area contributed by atoms with Crippen LogP contribution in [0.1, 0.15) is 29.9 Å². The normalized spacial score (nSPS) is 13.0. The van der Waals surface area contributed by atoms with Crippen LogP contribution in [0, 0.1) is 6.92 Å². The maximum atomic E-state index is 13.3. The number of alkyl halides is 3. The Balaban J connectivity index is 2.24. The molecule has 0 bridgehead atoms. The Bertz CT molecular complexity index is 2010. The Morgan fingerprint density at radius 3 is 1.91 bits per heavy atom.